The number of anilines is 1. The standard InChI is InChI=1S/C23H23N3O5/c1-29-20-8-7-19(26-22(20)31-18-9-11-30-14-18)21(16-5-3-10-24-13-16)25-17-6-2-4-15(12-17)23(27)28/h2-8,10,12-13,18,21,25H,9,11,14H2,1H3,(H,27,28)/t18-,21?/m1/s1. The molecule has 1 unspecified atom stereocenters. The van der Waals surface area contributed by atoms with Crippen LogP contribution in [0.4, 0.5) is 5.69 Å². The van der Waals surface area contributed by atoms with Crippen molar-refractivity contribution in [1.29, 1.82) is 0 Å². The summed E-state index contributed by atoms with van der Waals surface area (Å²) in [5, 5.41) is 12.7. The van der Waals surface area contributed by atoms with Crippen molar-refractivity contribution >= 4 is 11.7 Å². The van der Waals surface area contributed by atoms with E-state index in [0.29, 0.717) is 36.2 Å². The third-order valence-electron chi connectivity index (χ3n) is 4.97. The van der Waals surface area contributed by atoms with Crippen molar-refractivity contribution in [3.8, 4) is 11.6 Å². The fourth-order valence-electron chi connectivity index (χ4n) is 3.39. The van der Waals surface area contributed by atoms with E-state index in [-0.39, 0.29) is 17.7 Å². The maximum atomic E-state index is 11.4. The van der Waals surface area contributed by atoms with Gasteiger partial charge < -0.3 is 24.6 Å². The SMILES string of the molecule is COc1ccc(C(Nc2cccc(C(=O)O)c2)c2cccnc2)nc1O[C@@H]1CCOC1. The minimum Gasteiger partial charge on any atom is -0.491 e. The molecule has 2 N–H and O–H groups in total. The normalized spacial score (nSPS) is 16.5. The van der Waals surface area contributed by atoms with E-state index in [1.807, 2.05) is 30.3 Å². The van der Waals surface area contributed by atoms with E-state index < -0.39 is 5.97 Å². The second-order valence-corrected chi connectivity index (χ2v) is 7.10. The van der Waals surface area contributed by atoms with E-state index in [2.05, 4.69) is 10.3 Å². The molecule has 2 atom stereocenters. The molecule has 3 heterocycles. The predicted octanol–water partition coefficient (Wildman–Crippen LogP) is 3.55. The molecule has 1 saturated heterocycles. The summed E-state index contributed by atoms with van der Waals surface area (Å²) < 4.78 is 16.9. The van der Waals surface area contributed by atoms with Crippen LogP contribution in [0.15, 0.2) is 60.9 Å². The number of nitrogens with zero attached hydrogens (tertiary/aromatic N) is 2. The van der Waals surface area contributed by atoms with Crippen LogP contribution in [0.1, 0.15) is 34.1 Å². The number of methoxy groups -OCH3 is 1. The molecule has 1 aromatic carbocycles. The summed E-state index contributed by atoms with van der Waals surface area (Å²) in [6, 6.07) is 13.7. The molecule has 0 amide bonds. The number of aromatic carboxylic acids is 1. The molecule has 0 radical (unpaired) electrons. The molecule has 0 spiro atoms. The first-order chi connectivity index (χ1) is 15.1. The number of carboxylic acids is 1. The Morgan fingerprint density at radius 3 is 2.87 bits per heavy atom. The van der Waals surface area contributed by atoms with Gasteiger partial charge in [-0.05, 0) is 42.0 Å². The van der Waals surface area contributed by atoms with Crippen molar-refractivity contribution in [3.63, 3.8) is 0 Å². The molecular weight excluding hydrogens is 398 g/mol. The van der Waals surface area contributed by atoms with Gasteiger partial charge in [-0.1, -0.05) is 12.1 Å². The van der Waals surface area contributed by atoms with Crippen molar-refractivity contribution in [2.45, 2.75) is 18.6 Å². The minimum atomic E-state index is -0.987. The summed E-state index contributed by atoms with van der Waals surface area (Å²) >= 11 is 0. The number of rotatable bonds is 8. The monoisotopic (exact) mass is 421 g/mol. The zero-order valence-electron chi connectivity index (χ0n) is 17.0. The predicted molar refractivity (Wildman–Crippen MR) is 114 cm³/mol. The number of nitrogens with one attached hydrogen (secondary N) is 1. The molecule has 0 aliphatic carbocycles. The van der Waals surface area contributed by atoms with Crippen LogP contribution in [0, 0.1) is 0 Å². The quantitative estimate of drug-likeness (QED) is 0.569. The number of ether oxygens (including phenoxy) is 3. The van der Waals surface area contributed by atoms with Gasteiger partial charge in [0.25, 0.3) is 5.88 Å². The summed E-state index contributed by atoms with van der Waals surface area (Å²) in [6.07, 6.45) is 4.16. The van der Waals surface area contributed by atoms with Gasteiger partial charge in [-0.25, -0.2) is 9.78 Å². The van der Waals surface area contributed by atoms with Crippen LogP contribution in [0.25, 0.3) is 0 Å². The van der Waals surface area contributed by atoms with E-state index in [4.69, 9.17) is 19.2 Å². The van der Waals surface area contributed by atoms with E-state index in [9.17, 15) is 9.90 Å². The second-order valence-electron chi connectivity index (χ2n) is 7.10. The second kappa shape index (κ2) is 9.44. The molecule has 1 aliphatic heterocycles. The fraction of sp³-hybridized carbons (Fsp3) is 0.261. The first-order valence-electron chi connectivity index (χ1n) is 9.93. The Hall–Kier alpha value is -3.65. The molecule has 31 heavy (non-hydrogen) atoms. The maximum absolute atomic E-state index is 11.4. The molecule has 3 aromatic rings. The van der Waals surface area contributed by atoms with Crippen LogP contribution in [0.5, 0.6) is 11.6 Å². The third kappa shape index (κ3) is 4.92. The minimum absolute atomic E-state index is 0.0753. The molecule has 1 fully saturated rings. The van der Waals surface area contributed by atoms with Gasteiger partial charge >= 0.3 is 5.97 Å². The van der Waals surface area contributed by atoms with Crippen molar-refractivity contribution in [2.75, 3.05) is 25.6 Å². The summed E-state index contributed by atoms with van der Waals surface area (Å²) in [6.45, 7) is 1.17. The fourth-order valence-corrected chi connectivity index (χ4v) is 3.39. The van der Waals surface area contributed by atoms with Crippen LogP contribution < -0.4 is 14.8 Å². The molecule has 0 saturated carbocycles. The largest absolute Gasteiger partial charge is 0.491 e. The number of aromatic nitrogens is 2. The first-order valence-corrected chi connectivity index (χ1v) is 9.93. The van der Waals surface area contributed by atoms with Gasteiger partial charge in [-0.15, -0.1) is 0 Å². The van der Waals surface area contributed by atoms with E-state index in [1.165, 1.54) is 0 Å². The van der Waals surface area contributed by atoms with Crippen LogP contribution in [-0.4, -0.2) is 47.5 Å². The Balaban J connectivity index is 1.70. The smallest absolute Gasteiger partial charge is 0.335 e. The van der Waals surface area contributed by atoms with E-state index in [0.717, 1.165) is 12.0 Å². The highest BCUT2D eigenvalue weighted by atomic mass is 16.6. The Labute approximate surface area is 179 Å². The number of benzene rings is 1. The van der Waals surface area contributed by atoms with Crippen molar-refractivity contribution in [1.82, 2.24) is 9.97 Å². The Morgan fingerprint density at radius 2 is 2.16 bits per heavy atom. The highest BCUT2D eigenvalue weighted by Gasteiger charge is 2.23. The highest BCUT2D eigenvalue weighted by Crippen LogP contribution is 2.32. The molecule has 160 valence electrons. The molecule has 8 heteroatoms. The lowest BCUT2D eigenvalue weighted by molar-refractivity contribution is 0.0697. The third-order valence-corrected chi connectivity index (χ3v) is 4.97. The number of carboxylic acid groups (broad SMARTS) is 1. The lowest BCUT2D eigenvalue weighted by Gasteiger charge is -2.22. The van der Waals surface area contributed by atoms with Crippen LogP contribution in [0.2, 0.25) is 0 Å². The number of carbonyl (C=O) groups is 1. The van der Waals surface area contributed by atoms with Gasteiger partial charge in [0.1, 0.15) is 6.10 Å². The Bertz CT molecular complexity index is 1040. The van der Waals surface area contributed by atoms with E-state index in [1.54, 1.807) is 37.7 Å². The number of hydrogen-bond donors (Lipinski definition) is 2. The summed E-state index contributed by atoms with van der Waals surface area (Å²) in [4.78, 5) is 20.3. The van der Waals surface area contributed by atoms with Crippen LogP contribution >= 0.6 is 0 Å². The molecule has 1 aliphatic rings. The summed E-state index contributed by atoms with van der Waals surface area (Å²) in [5.41, 5.74) is 2.40. The lowest BCUT2D eigenvalue weighted by Crippen LogP contribution is -2.19. The summed E-state index contributed by atoms with van der Waals surface area (Å²) in [5.74, 6) is -0.0578. The number of pyridine rings is 2. The van der Waals surface area contributed by atoms with Gasteiger partial charge in [-0.3, -0.25) is 4.98 Å². The highest BCUT2D eigenvalue weighted by molar-refractivity contribution is 5.88. The lowest BCUT2D eigenvalue weighted by atomic mass is 10.0. The zero-order valence-corrected chi connectivity index (χ0v) is 17.0. The van der Waals surface area contributed by atoms with Crippen LogP contribution in [0.3, 0.4) is 0 Å². The maximum Gasteiger partial charge on any atom is 0.335 e. The Kier molecular flexibility index (Phi) is 6.28. The van der Waals surface area contributed by atoms with E-state index >= 15 is 0 Å². The molecule has 8 nitrogen and oxygen atoms in total. The van der Waals surface area contributed by atoms with Crippen LogP contribution in [-0.2, 0) is 4.74 Å². The van der Waals surface area contributed by atoms with Gasteiger partial charge in [0.15, 0.2) is 5.75 Å². The summed E-state index contributed by atoms with van der Waals surface area (Å²) in [7, 11) is 1.57. The van der Waals surface area contributed by atoms with Gasteiger partial charge in [-0.2, -0.15) is 0 Å². The zero-order chi connectivity index (χ0) is 21.6. The van der Waals surface area contributed by atoms with Crippen molar-refractivity contribution in [3.05, 3.63) is 77.7 Å². The topological polar surface area (TPSA) is 103 Å². The van der Waals surface area contributed by atoms with Gasteiger partial charge in [0, 0.05) is 24.5 Å². The number of hydrogen-bond acceptors (Lipinski definition) is 7. The molecule has 0 bridgehead atoms. The van der Waals surface area contributed by atoms with Gasteiger partial charge in [0.05, 0.1) is 37.6 Å². The van der Waals surface area contributed by atoms with Crippen molar-refractivity contribution < 1.29 is 24.1 Å². The first kappa shape index (κ1) is 20.6. The average molecular weight is 421 g/mol. The molecule has 4 rings (SSSR count). The van der Waals surface area contributed by atoms with Gasteiger partial charge in [0.2, 0.25) is 0 Å². The molecular formula is C23H23N3O5. The molecule has 2 aromatic heterocycles. The van der Waals surface area contributed by atoms with Crippen molar-refractivity contribution in [2.24, 2.45) is 0 Å². The average Bonchev–Trinajstić information content (AvgIpc) is 3.31. The Morgan fingerprint density at radius 1 is 1.26 bits per heavy atom.